The number of rotatable bonds is 4. The van der Waals surface area contributed by atoms with E-state index in [4.69, 9.17) is 0 Å². The smallest absolute Gasteiger partial charge is 0.276 e. The van der Waals surface area contributed by atoms with E-state index in [1.54, 1.807) is 16.8 Å². The van der Waals surface area contributed by atoms with Crippen LogP contribution in [0.4, 0.5) is 0 Å². The standard InChI is InChI=1S/C13H19N5O/c1-9(2)12-16-17(13(19)18(12)10(3)4)7-11-5-6-14-8-15-11/h5-6,8-10H,7H2,1-4H3. The second-order valence-electron chi connectivity index (χ2n) is 5.12. The largest absolute Gasteiger partial charge is 0.346 e. The topological polar surface area (TPSA) is 65.6 Å². The fraction of sp³-hybridized carbons (Fsp3) is 0.538. The third-order valence-electron chi connectivity index (χ3n) is 2.88. The molecule has 0 radical (unpaired) electrons. The van der Waals surface area contributed by atoms with Gasteiger partial charge < -0.3 is 0 Å². The van der Waals surface area contributed by atoms with Gasteiger partial charge in [0.05, 0.1) is 12.2 Å². The summed E-state index contributed by atoms with van der Waals surface area (Å²) in [6, 6.07) is 1.89. The van der Waals surface area contributed by atoms with Crippen LogP contribution in [0.25, 0.3) is 0 Å². The predicted octanol–water partition coefficient (Wildman–Crippen LogP) is 1.59. The Labute approximate surface area is 112 Å². The molecule has 102 valence electrons. The molecule has 0 unspecified atom stereocenters. The first-order chi connectivity index (χ1) is 9.00. The predicted molar refractivity (Wildman–Crippen MR) is 72.1 cm³/mol. The number of hydrogen-bond donors (Lipinski definition) is 0. The highest BCUT2D eigenvalue weighted by molar-refractivity contribution is 5.01. The van der Waals surface area contributed by atoms with Crippen LogP contribution in [0.1, 0.15) is 51.2 Å². The van der Waals surface area contributed by atoms with Crippen molar-refractivity contribution in [3.8, 4) is 0 Å². The van der Waals surface area contributed by atoms with Crippen molar-refractivity contribution in [3.63, 3.8) is 0 Å². The normalized spacial score (nSPS) is 11.5. The molecule has 0 aliphatic heterocycles. The molecule has 19 heavy (non-hydrogen) atoms. The molecule has 6 heteroatoms. The number of hydrogen-bond acceptors (Lipinski definition) is 4. The summed E-state index contributed by atoms with van der Waals surface area (Å²) < 4.78 is 3.21. The molecule has 0 saturated heterocycles. The Bertz CT molecular complexity index is 597. The van der Waals surface area contributed by atoms with E-state index in [2.05, 4.69) is 15.1 Å². The maximum absolute atomic E-state index is 12.4. The van der Waals surface area contributed by atoms with E-state index in [0.717, 1.165) is 11.5 Å². The van der Waals surface area contributed by atoms with Gasteiger partial charge in [-0.3, -0.25) is 4.57 Å². The van der Waals surface area contributed by atoms with Gasteiger partial charge in [-0.15, -0.1) is 0 Å². The molecule has 2 aromatic heterocycles. The van der Waals surface area contributed by atoms with Gasteiger partial charge in [0, 0.05) is 18.2 Å². The Kier molecular flexibility index (Phi) is 3.78. The summed E-state index contributed by atoms with van der Waals surface area (Å²) in [5, 5.41) is 4.43. The van der Waals surface area contributed by atoms with E-state index in [1.807, 2.05) is 27.7 Å². The second-order valence-corrected chi connectivity index (χ2v) is 5.12. The van der Waals surface area contributed by atoms with Crippen LogP contribution >= 0.6 is 0 Å². The first-order valence-corrected chi connectivity index (χ1v) is 6.44. The van der Waals surface area contributed by atoms with Crippen LogP contribution in [-0.4, -0.2) is 24.3 Å². The van der Waals surface area contributed by atoms with Crippen molar-refractivity contribution in [1.29, 1.82) is 0 Å². The van der Waals surface area contributed by atoms with Crippen LogP contribution in [0.15, 0.2) is 23.4 Å². The minimum atomic E-state index is -0.0858. The van der Waals surface area contributed by atoms with Gasteiger partial charge in [0.1, 0.15) is 12.2 Å². The zero-order valence-corrected chi connectivity index (χ0v) is 11.7. The van der Waals surface area contributed by atoms with Crippen LogP contribution < -0.4 is 5.69 Å². The minimum Gasteiger partial charge on any atom is -0.276 e. The second kappa shape index (κ2) is 5.34. The molecule has 2 heterocycles. The minimum absolute atomic E-state index is 0.0858. The quantitative estimate of drug-likeness (QED) is 0.838. The van der Waals surface area contributed by atoms with Crippen molar-refractivity contribution in [2.45, 2.75) is 46.2 Å². The maximum Gasteiger partial charge on any atom is 0.346 e. The summed E-state index contributed by atoms with van der Waals surface area (Å²) in [6.07, 6.45) is 3.14. The highest BCUT2D eigenvalue weighted by Gasteiger charge is 2.18. The van der Waals surface area contributed by atoms with E-state index in [1.165, 1.54) is 11.0 Å². The summed E-state index contributed by atoms with van der Waals surface area (Å²) in [4.78, 5) is 20.3. The SMILES string of the molecule is CC(C)c1nn(Cc2ccncn2)c(=O)n1C(C)C. The van der Waals surface area contributed by atoms with E-state index < -0.39 is 0 Å². The third kappa shape index (κ3) is 2.72. The monoisotopic (exact) mass is 261 g/mol. The lowest BCUT2D eigenvalue weighted by atomic mass is 10.2. The summed E-state index contributed by atoms with van der Waals surface area (Å²) in [5.41, 5.74) is 0.693. The Balaban J connectivity index is 2.43. The molecule has 2 rings (SSSR count). The summed E-state index contributed by atoms with van der Waals surface area (Å²) in [6.45, 7) is 8.43. The maximum atomic E-state index is 12.4. The van der Waals surface area contributed by atoms with Crippen LogP contribution in [0, 0.1) is 0 Å². The molecule has 0 atom stereocenters. The average molecular weight is 261 g/mol. The van der Waals surface area contributed by atoms with E-state index in [0.29, 0.717) is 6.54 Å². The fourth-order valence-electron chi connectivity index (χ4n) is 1.98. The lowest BCUT2D eigenvalue weighted by Crippen LogP contribution is -2.27. The molecule has 0 aliphatic carbocycles. The van der Waals surface area contributed by atoms with Gasteiger partial charge >= 0.3 is 5.69 Å². The van der Waals surface area contributed by atoms with Gasteiger partial charge in [0.15, 0.2) is 0 Å². The van der Waals surface area contributed by atoms with Gasteiger partial charge in [0.25, 0.3) is 0 Å². The highest BCUT2D eigenvalue weighted by Crippen LogP contribution is 2.14. The molecule has 0 saturated carbocycles. The van der Waals surface area contributed by atoms with E-state index in [9.17, 15) is 4.79 Å². The molecule has 0 aliphatic rings. The van der Waals surface area contributed by atoms with Crippen LogP contribution in [-0.2, 0) is 6.54 Å². The van der Waals surface area contributed by atoms with Crippen LogP contribution in [0.5, 0.6) is 0 Å². The van der Waals surface area contributed by atoms with Crippen molar-refractivity contribution >= 4 is 0 Å². The zero-order valence-electron chi connectivity index (χ0n) is 11.7. The van der Waals surface area contributed by atoms with Gasteiger partial charge in [-0.05, 0) is 19.9 Å². The van der Waals surface area contributed by atoms with Crippen LogP contribution in [0.2, 0.25) is 0 Å². The first kappa shape index (κ1) is 13.5. The third-order valence-corrected chi connectivity index (χ3v) is 2.88. The van der Waals surface area contributed by atoms with Crippen molar-refractivity contribution in [2.75, 3.05) is 0 Å². The van der Waals surface area contributed by atoms with Crippen molar-refractivity contribution in [2.24, 2.45) is 0 Å². The van der Waals surface area contributed by atoms with Crippen LogP contribution in [0.3, 0.4) is 0 Å². The number of nitrogens with zero attached hydrogens (tertiary/aromatic N) is 5. The summed E-state index contributed by atoms with van der Waals surface area (Å²) in [7, 11) is 0. The summed E-state index contributed by atoms with van der Waals surface area (Å²) >= 11 is 0. The molecule has 0 bridgehead atoms. The molecular weight excluding hydrogens is 242 g/mol. The Morgan fingerprint density at radius 1 is 1.26 bits per heavy atom. The molecule has 0 N–H and O–H groups in total. The van der Waals surface area contributed by atoms with Crippen molar-refractivity contribution in [1.82, 2.24) is 24.3 Å². The average Bonchev–Trinajstić information content (AvgIpc) is 2.68. The van der Waals surface area contributed by atoms with Crippen molar-refractivity contribution in [3.05, 3.63) is 40.6 Å². The van der Waals surface area contributed by atoms with Gasteiger partial charge in [0.2, 0.25) is 0 Å². The summed E-state index contributed by atoms with van der Waals surface area (Å²) in [5.74, 6) is 1.02. The molecule has 0 aromatic carbocycles. The number of aromatic nitrogens is 5. The highest BCUT2D eigenvalue weighted by atomic mass is 16.2. The zero-order chi connectivity index (χ0) is 14.0. The molecule has 2 aromatic rings. The lowest BCUT2D eigenvalue weighted by Gasteiger charge is -2.10. The fourth-order valence-corrected chi connectivity index (χ4v) is 1.98. The Morgan fingerprint density at radius 2 is 2.00 bits per heavy atom. The molecule has 6 nitrogen and oxygen atoms in total. The van der Waals surface area contributed by atoms with Gasteiger partial charge in [-0.1, -0.05) is 13.8 Å². The van der Waals surface area contributed by atoms with E-state index in [-0.39, 0.29) is 17.6 Å². The molecule has 0 fully saturated rings. The molecule has 0 spiro atoms. The lowest BCUT2D eigenvalue weighted by molar-refractivity contribution is 0.530. The Hall–Kier alpha value is -1.98. The van der Waals surface area contributed by atoms with Crippen molar-refractivity contribution < 1.29 is 0 Å². The first-order valence-electron chi connectivity index (χ1n) is 6.44. The van der Waals surface area contributed by atoms with Gasteiger partial charge in [-0.25, -0.2) is 19.4 Å². The van der Waals surface area contributed by atoms with E-state index >= 15 is 0 Å². The molecule has 0 amide bonds. The molecular formula is C13H19N5O. The van der Waals surface area contributed by atoms with Gasteiger partial charge in [-0.2, -0.15) is 5.10 Å². The Morgan fingerprint density at radius 3 is 2.47 bits per heavy atom.